The number of ether oxygens (including phenoxy) is 2. The van der Waals surface area contributed by atoms with Gasteiger partial charge in [-0.25, -0.2) is 0 Å². The lowest BCUT2D eigenvalue weighted by atomic mass is 9.86. The Balaban J connectivity index is 1.11. The molecule has 3 aromatic carbocycles. The van der Waals surface area contributed by atoms with Gasteiger partial charge in [-0.2, -0.15) is 19.2 Å². The van der Waals surface area contributed by atoms with Gasteiger partial charge in [-0.1, -0.05) is 116 Å². The van der Waals surface area contributed by atoms with Gasteiger partial charge in [-0.3, -0.25) is 0 Å². The minimum Gasteiger partial charge on any atom is -0.485 e. The highest BCUT2D eigenvalue weighted by Gasteiger charge is 2.24. The van der Waals surface area contributed by atoms with Gasteiger partial charge in [0.1, 0.15) is 34.7 Å². The lowest BCUT2D eigenvalue weighted by Crippen LogP contribution is -2.15. The number of halogens is 1. The van der Waals surface area contributed by atoms with Crippen LogP contribution in [-0.2, 0) is 18.6 Å². The molecular weight excluding hydrogens is 604 g/mol. The van der Waals surface area contributed by atoms with Crippen molar-refractivity contribution in [1.82, 2.24) is 39.6 Å². The summed E-state index contributed by atoms with van der Waals surface area (Å²) in [4.78, 5) is 1.40. The van der Waals surface area contributed by atoms with Crippen LogP contribution in [0.5, 0.6) is 11.5 Å². The van der Waals surface area contributed by atoms with E-state index in [2.05, 4.69) is 41.2 Å². The lowest BCUT2D eigenvalue weighted by molar-refractivity contribution is 0.277. The number of hydrogen-bond acceptors (Lipinski definition) is 10. The molecule has 4 aromatic heterocycles. The number of nitrogens with zero attached hydrogens (tertiary/aromatic N) is 8. The molecule has 216 valence electrons. The van der Waals surface area contributed by atoms with E-state index in [0.29, 0.717) is 38.1 Å². The first kappa shape index (κ1) is 27.4. The van der Waals surface area contributed by atoms with Crippen molar-refractivity contribution in [3.8, 4) is 32.6 Å². The normalized spacial score (nSPS) is 11.9. The molecule has 0 saturated carbocycles. The highest BCUT2D eigenvalue weighted by molar-refractivity contribution is 7.20. The number of rotatable bonds is 8. The maximum absolute atomic E-state index is 6.72. The van der Waals surface area contributed by atoms with E-state index in [1.807, 2.05) is 66.7 Å². The number of aromatic nitrogens is 8. The molecule has 13 heteroatoms. The van der Waals surface area contributed by atoms with Crippen molar-refractivity contribution in [1.29, 1.82) is 0 Å². The number of fused-ring (bicyclic) bond motifs is 2. The number of hydrogen-bond donors (Lipinski definition) is 0. The van der Waals surface area contributed by atoms with E-state index in [9.17, 15) is 0 Å². The van der Waals surface area contributed by atoms with Crippen molar-refractivity contribution in [2.24, 2.45) is 0 Å². The van der Waals surface area contributed by atoms with Crippen LogP contribution in [0.25, 0.3) is 31.1 Å². The summed E-state index contributed by atoms with van der Waals surface area (Å²) in [6.07, 6.45) is 0. The molecule has 0 atom stereocenters. The average molecular weight is 629 g/mol. The molecule has 7 aromatic rings. The first-order valence-corrected chi connectivity index (χ1v) is 15.5. The molecule has 10 nitrogen and oxygen atoms in total. The van der Waals surface area contributed by atoms with Crippen LogP contribution in [-0.4, -0.2) is 39.6 Å². The highest BCUT2D eigenvalue weighted by Crippen LogP contribution is 2.40. The maximum atomic E-state index is 6.72. The van der Waals surface area contributed by atoms with Crippen molar-refractivity contribution in [2.45, 2.75) is 39.4 Å². The lowest BCUT2D eigenvalue weighted by Gasteiger charge is -2.24. The molecule has 43 heavy (non-hydrogen) atoms. The van der Waals surface area contributed by atoms with Gasteiger partial charge in [0.05, 0.1) is 5.02 Å². The standard InChI is InChI=1S/C30H25ClN8O2S2/c1-30(2,3)20-14-23(41-17-25-33-35-29-39(25)37-27(43-29)19-12-8-5-9-13-19)21(31)15-22(20)40-16-24-32-34-28-38(24)36-26(42-28)18-10-6-4-7-11-18/h4-15H,16-17H2,1-3H3. The molecule has 0 bridgehead atoms. The Kier molecular flexibility index (Phi) is 7.04. The summed E-state index contributed by atoms with van der Waals surface area (Å²) < 4.78 is 15.9. The highest BCUT2D eigenvalue weighted by atomic mass is 35.5. The third-order valence-electron chi connectivity index (χ3n) is 6.71. The van der Waals surface area contributed by atoms with Gasteiger partial charge in [-0.15, -0.1) is 20.4 Å². The molecular formula is C30H25ClN8O2S2. The molecule has 0 amide bonds. The number of benzene rings is 3. The van der Waals surface area contributed by atoms with Gasteiger partial charge in [0.25, 0.3) is 0 Å². The largest absolute Gasteiger partial charge is 0.485 e. The van der Waals surface area contributed by atoms with Crippen molar-refractivity contribution in [2.75, 3.05) is 0 Å². The predicted octanol–water partition coefficient (Wildman–Crippen LogP) is 7.13. The van der Waals surface area contributed by atoms with E-state index in [4.69, 9.17) is 31.3 Å². The predicted molar refractivity (Wildman–Crippen MR) is 167 cm³/mol. The Hall–Kier alpha value is -4.39. The second-order valence-corrected chi connectivity index (χ2v) is 13.1. The van der Waals surface area contributed by atoms with Crippen LogP contribution in [0.3, 0.4) is 0 Å². The molecule has 0 fully saturated rings. The quantitative estimate of drug-likeness (QED) is 0.175. The molecule has 0 unspecified atom stereocenters. The zero-order valence-electron chi connectivity index (χ0n) is 23.4. The van der Waals surface area contributed by atoms with E-state index >= 15 is 0 Å². The zero-order valence-corrected chi connectivity index (χ0v) is 25.8. The zero-order chi connectivity index (χ0) is 29.6. The fourth-order valence-electron chi connectivity index (χ4n) is 4.53. The van der Waals surface area contributed by atoms with Gasteiger partial charge >= 0.3 is 0 Å². The third-order valence-corrected chi connectivity index (χ3v) is 8.90. The fourth-order valence-corrected chi connectivity index (χ4v) is 6.46. The molecule has 0 N–H and O–H groups in total. The summed E-state index contributed by atoms with van der Waals surface area (Å²) in [5.74, 6) is 2.33. The van der Waals surface area contributed by atoms with E-state index < -0.39 is 0 Å². The van der Waals surface area contributed by atoms with E-state index in [1.54, 1.807) is 15.1 Å². The van der Waals surface area contributed by atoms with Gasteiger partial charge in [-0.05, 0) is 11.5 Å². The first-order valence-electron chi connectivity index (χ1n) is 13.5. The van der Waals surface area contributed by atoms with Crippen LogP contribution in [0.4, 0.5) is 0 Å². The SMILES string of the molecule is CC(C)(C)c1cc(OCc2nnc3sc(-c4ccccc4)nn23)c(Cl)cc1OCc1nnc2sc(-c3ccccc3)nn12. The third kappa shape index (κ3) is 5.44. The average Bonchev–Trinajstić information content (AvgIpc) is 3.78. The minimum absolute atomic E-state index is 0.147. The minimum atomic E-state index is -0.263. The van der Waals surface area contributed by atoms with Gasteiger partial charge in [0.15, 0.2) is 11.6 Å². The van der Waals surface area contributed by atoms with Crippen LogP contribution in [0, 0.1) is 0 Å². The molecule has 0 aliphatic rings. The van der Waals surface area contributed by atoms with Crippen molar-refractivity contribution in [3.05, 3.63) is 95.0 Å². The molecule has 7 rings (SSSR count). The van der Waals surface area contributed by atoms with Crippen LogP contribution in [0.2, 0.25) is 5.02 Å². The van der Waals surface area contributed by atoms with E-state index in [1.165, 1.54) is 22.7 Å². The molecule has 0 aliphatic heterocycles. The molecule has 4 heterocycles. The summed E-state index contributed by atoms with van der Waals surface area (Å²) in [6, 6.07) is 23.7. The first-order chi connectivity index (χ1) is 20.8. The van der Waals surface area contributed by atoms with Crippen LogP contribution in [0.1, 0.15) is 38.0 Å². The second kappa shape index (κ2) is 11.0. The smallest absolute Gasteiger partial charge is 0.235 e. The summed E-state index contributed by atoms with van der Waals surface area (Å²) in [7, 11) is 0. The molecule has 0 spiro atoms. The Labute approximate surface area is 259 Å². The Morgan fingerprint density at radius 2 is 1.16 bits per heavy atom. The fraction of sp³-hybridized carbons (Fsp3) is 0.200. The summed E-state index contributed by atoms with van der Waals surface area (Å²) >= 11 is 9.67. The van der Waals surface area contributed by atoms with Crippen molar-refractivity contribution in [3.63, 3.8) is 0 Å². The maximum Gasteiger partial charge on any atom is 0.235 e. The van der Waals surface area contributed by atoms with Gasteiger partial charge < -0.3 is 9.47 Å². The Bertz CT molecular complexity index is 2050. The topological polar surface area (TPSA) is 105 Å². The van der Waals surface area contributed by atoms with Crippen molar-refractivity contribution >= 4 is 44.2 Å². The van der Waals surface area contributed by atoms with Gasteiger partial charge in [0, 0.05) is 22.8 Å². The van der Waals surface area contributed by atoms with Crippen molar-refractivity contribution < 1.29 is 9.47 Å². The second-order valence-electron chi connectivity index (χ2n) is 10.8. The summed E-state index contributed by atoms with van der Waals surface area (Å²) in [5, 5.41) is 28.7. The Morgan fingerprint density at radius 1 is 0.674 bits per heavy atom. The van der Waals surface area contributed by atoms with E-state index in [0.717, 1.165) is 26.7 Å². The Morgan fingerprint density at radius 3 is 1.65 bits per heavy atom. The van der Waals surface area contributed by atoms with Gasteiger partial charge in [0.2, 0.25) is 9.92 Å². The molecule has 0 aliphatic carbocycles. The van der Waals surface area contributed by atoms with Crippen LogP contribution >= 0.6 is 34.3 Å². The summed E-state index contributed by atoms with van der Waals surface area (Å²) in [5.41, 5.74) is 2.72. The van der Waals surface area contributed by atoms with E-state index in [-0.39, 0.29) is 18.6 Å². The molecule has 0 saturated heterocycles. The van der Waals surface area contributed by atoms with Crippen LogP contribution in [0.15, 0.2) is 72.8 Å². The van der Waals surface area contributed by atoms with Crippen LogP contribution < -0.4 is 9.47 Å². The summed E-state index contributed by atoms with van der Waals surface area (Å²) in [6.45, 7) is 6.64. The molecule has 0 radical (unpaired) electrons. The monoisotopic (exact) mass is 628 g/mol.